The Bertz CT molecular complexity index is 4210. The third kappa shape index (κ3) is 7.87. The second-order valence-corrected chi connectivity index (χ2v) is 22.5. The van der Waals surface area contributed by atoms with Crippen LogP contribution in [0.15, 0.2) is 303 Å². The van der Waals surface area contributed by atoms with Crippen LogP contribution >= 0.6 is 0 Å². The summed E-state index contributed by atoms with van der Waals surface area (Å²) < 4.78 is 2.63. The van der Waals surface area contributed by atoms with Gasteiger partial charge in [-0.2, -0.15) is 0 Å². The molecule has 2 heterocycles. The number of hydrogen-bond donors (Lipinski definition) is 0. The number of fused-ring (bicyclic) bond motifs is 12. The molecule has 1 atom stereocenters. The molecular weight excluding hydrogens is 1000 g/mol. The van der Waals surface area contributed by atoms with E-state index in [-0.39, 0.29) is 0 Å². The molecule has 13 aromatic rings. The molecule has 1 unspecified atom stereocenters. The summed E-state index contributed by atoms with van der Waals surface area (Å²) in [6, 6.07) is 110. The largest absolute Gasteiger partial charge is 0.312 e. The normalized spacial score (nSPS) is 14.0. The number of para-hydroxylation sites is 2. The molecule has 12 aromatic carbocycles. The summed E-state index contributed by atoms with van der Waals surface area (Å²) in [7, 11) is 0. The van der Waals surface area contributed by atoms with Gasteiger partial charge in [-0.1, -0.05) is 237 Å². The minimum Gasteiger partial charge on any atom is -0.312 e. The fourth-order valence-corrected chi connectivity index (χ4v) is 13.9. The van der Waals surface area contributed by atoms with E-state index >= 15 is 0 Å². The van der Waals surface area contributed by atoms with E-state index in [4.69, 9.17) is 0 Å². The van der Waals surface area contributed by atoms with Gasteiger partial charge >= 0.3 is 0 Å². The summed E-state index contributed by atoms with van der Waals surface area (Å²) in [4.78, 5) is 4.91. The van der Waals surface area contributed by atoms with Gasteiger partial charge in [0.2, 0.25) is 0 Å². The van der Waals surface area contributed by atoms with Crippen LogP contribution < -0.4 is 9.80 Å². The number of rotatable bonds is 10. The first-order chi connectivity index (χ1) is 41.1. The first-order valence-corrected chi connectivity index (χ1v) is 29.0. The monoisotopic (exact) mass is 1060 g/mol. The lowest BCUT2D eigenvalue weighted by Gasteiger charge is -2.40. The highest BCUT2D eigenvalue weighted by molar-refractivity contribution is 6.03. The van der Waals surface area contributed by atoms with E-state index in [1.54, 1.807) is 0 Å². The third-order valence-electron chi connectivity index (χ3n) is 17.7. The summed E-state index contributed by atoms with van der Waals surface area (Å²) >= 11 is 0. The van der Waals surface area contributed by atoms with Gasteiger partial charge in [0.25, 0.3) is 0 Å². The average molecular weight is 1060 g/mol. The predicted octanol–water partition coefficient (Wildman–Crippen LogP) is 21.1. The minimum atomic E-state index is -0.723. The van der Waals surface area contributed by atoms with Crippen LogP contribution in [-0.4, -0.2) is 4.57 Å². The molecule has 1 spiro atoms. The van der Waals surface area contributed by atoms with E-state index in [9.17, 15) is 0 Å². The van der Waals surface area contributed by atoms with Gasteiger partial charge in [0.1, 0.15) is 0 Å². The molecule has 3 aliphatic rings. The Morgan fingerprint density at radius 2 is 0.699 bits per heavy atom. The number of hydrogen-bond acceptors (Lipinski definition) is 2. The van der Waals surface area contributed by atoms with Gasteiger partial charge in [-0.15, -0.1) is 0 Å². The number of aromatic nitrogens is 1. The zero-order chi connectivity index (χ0) is 55.0. The predicted molar refractivity (Wildman–Crippen MR) is 347 cm³/mol. The van der Waals surface area contributed by atoms with Gasteiger partial charge in [-0.25, -0.2) is 0 Å². The number of benzene rings is 12. The van der Waals surface area contributed by atoms with Gasteiger partial charge in [0.05, 0.1) is 16.6 Å². The Kier molecular flexibility index (Phi) is 11.5. The van der Waals surface area contributed by atoms with Crippen LogP contribution in [0.1, 0.15) is 40.4 Å². The van der Waals surface area contributed by atoms with Crippen LogP contribution in [0.2, 0.25) is 0 Å². The molecule has 2 aliphatic carbocycles. The zero-order valence-electron chi connectivity index (χ0n) is 46.1. The molecular formula is C80H57N3. The number of nitrogens with zero attached hydrogens (tertiary/aromatic N) is 3. The Balaban J connectivity index is 0.935. The maximum Gasteiger partial charge on any atom is 0.0756 e. The van der Waals surface area contributed by atoms with Crippen molar-refractivity contribution in [2.24, 2.45) is 5.92 Å². The molecule has 16 rings (SSSR count). The van der Waals surface area contributed by atoms with E-state index < -0.39 is 5.41 Å². The Hall–Kier alpha value is -10.5. The van der Waals surface area contributed by atoms with Crippen molar-refractivity contribution in [3.8, 4) is 61.3 Å². The van der Waals surface area contributed by atoms with Crippen molar-refractivity contribution in [3.63, 3.8) is 0 Å². The molecule has 83 heavy (non-hydrogen) atoms. The molecule has 0 N–H and O–H groups in total. The van der Waals surface area contributed by atoms with Gasteiger partial charge in [-0.05, 0) is 169 Å². The molecule has 0 radical (unpaired) electrons. The van der Waals surface area contributed by atoms with E-state index in [0.717, 1.165) is 40.5 Å². The maximum absolute atomic E-state index is 2.63. The van der Waals surface area contributed by atoms with E-state index in [0.29, 0.717) is 5.92 Å². The van der Waals surface area contributed by atoms with Gasteiger partial charge < -0.3 is 14.4 Å². The Morgan fingerprint density at radius 1 is 0.337 bits per heavy atom. The summed E-state index contributed by atoms with van der Waals surface area (Å²) in [5, 5.41) is 1.30. The van der Waals surface area contributed by atoms with Crippen LogP contribution in [0.4, 0.5) is 34.1 Å². The van der Waals surface area contributed by atoms with Crippen LogP contribution in [0, 0.1) is 5.92 Å². The third-order valence-corrected chi connectivity index (χ3v) is 17.7. The van der Waals surface area contributed by atoms with Gasteiger partial charge in [0.15, 0.2) is 0 Å². The quantitative estimate of drug-likeness (QED) is 0.135. The molecule has 0 saturated carbocycles. The van der Waals surface area contributed by atoms with Crippen molar-refractivity contribution in [1.29, 1.82) is 0 Å². The first-order valence-electron chi connectivity index (χ1n) is 29.0. The zero-order valence-corrected chi connectivity index (χ0v) is 46.1. The average Bonchev–Trinajstić information content (AvgIpc) is 1.69. The SMILES string of the molecule is CC1C=Cc2c(n3c4c(cccc24)C2(c4cc(N(c5ccc(-c6ccccc6)cc5)c5ccc(-c6ccccc6)cc5)ccc4-c4ccc(N(c5ccc(-c6ccccc6)cc5)c5ccc(-c6ccccc6)cc5)cc42)c2ccccc2-3)C1. The molecule has 1 aromatic heterocycles. The fraction of sp³-hybridized carbons (Fsp3) is 0.0500. The molecule has 0 saturated heterocycles. The highest BCUT2D eigenvalue weighted by atomic mass is 15.1. The fourth-order valence-electron chi connectivity index (χ4n) is 13.9. The van der Waals surface area contributed by atoms with Crippen molar-refractivity contribution >= 4 is 51.1 Å². The summed E-state index contributed by atoms with van der Waals surface area (Å²) in [6.07, 6.45) is 5.77. The van der Waals surface area contributed by atoms with Crippen molar-refractivity contribution in [2.45, 2.75) is 18.8 Å². The van der Waals surface area contributed by atoms with Crippen molar-refractivity contribution in [2.75, 3.05) is 9.80 Å². The lowest BCUT2D eigenvalue weighted by atomic mass is 9.65. The van der Waals surface area contributed by atoms with Crippen LogP contribution in [0.5, 0.6) is 0 Å². The van der Waals surface area contributed by atoms with Crippen molar-refractivity contribution < 1.29 is 0 Å². The first kappa shape index (κ1) is 48.4. The maximum atomic E-state index is 2.63. The molecule has 0 bridgehead atoms. The van der Waals surface area contributed by atoms with Gasteiger partial charge in [0, 0.05) is 50.8 Å². The smallest absolute Gasteiger partial charge is 0.0756 e. The number of allylic oxidation sites excluding steroid dienone is 1. The molecule has 0 amide bonds. The highest BCUT2D eigenvalue weighted by Crippen LogP contribution is 2.63. The molecule has 0 fully saturated rings. The van der Waals surface area contributed by atoms with E-state index in [2.05, 4.69) is 331 Å². The Labute approximate surface area is 485 Å². The summed E-state index contributed by atoms with van der Waals surface area (Å²) in [5.41, 5.74) is 28.2. The highest BCUT2D eigenvalue weighted by Gasteiger charge is 2.52. The van der Waals surface area contributed by atoms with Crippen molar-refractivity contribution in [1.82, 2.24) is 4.57 Å². The lowest BCUT2D eigenvalue weighted by Crippen LogP contribution is -2.34. The van der Waals surface area contributed by atoms with Crippen LogP contribution in [-0.2, 0) is 11.8 Å². The van der Waals surface area contributed by atoms with E-state index in [1.807, 2.05) is 0 Å². The Morgan fingerprint density at radius 3 is 1.12 bits per heavy atom. The van der Waals surface area contributed by atoms with Crippen molar-refractivity contribution in [3.05, 3.63) is 337 Å². The topological polar surface area (TPSA) is 11.4 Å². The minimum absolute atomic E-state index is 0.427. The van der Waals surface area contributed by atoms with E-state index in [1.165, 1.54) is 106 Å². The van der Waals surface area contributed by atoms with Gasteiger partial charge in [-0.3, -0.25) is 0 Å². The second kappa shape index (κ2) is 19.7. The number of anilines is 6. The van der Waals surface area contributed by atoms with Crippen LogP contribution in [0.3, 0.4) is 0 Å². The molecule has 392 valence electrons. The second-order valence-electron chi connectivity index (χ2n) is 22.5. The molecule has 3 heteroatoms. The summed E-state index contributed by atoms with van der Waals surface area (Å²) in [6.45, 7) is 2.35. The molecule has 1 aliphatic heterocycles. The summed E-state index contributed by atoms with van der Waals surface area (Å²) in [5.74, 6) is 0.427. The standard InChI is InChI=1S/C80H57N3/c1-54-29-48-71-72-25-16-27-74-79(72)83(78(71)51-54)77-28-15-14-26-73(77)80(74)75-52-67(81(63-38-30-59(31-39-63)55-17-6-2-7-18-55)64-40-32-60(33-41-64)56-19-8-3-9-20-56)46-49-69(75)70-50-47-68(53-76(70)80)82(65-42-34-61(35-43-65)57-21-10-4-11-22-57)66-44-36-62(37-45-66)58-23-12-5-13-24-58/h2-50,52-54H,51H2,1H3. The van der Waals surface area contributed by atoms with Crippen LogP contribution in [0.25, 0.3) is 78.3 Å². The lowest BCUT2D eigenvalue weighted by molar-refractivity contribution is 0.677. The molecule has 3 nitrogen and oxygen atoms in total.